The molecule has 0 aliphatic carbocycles. The number of aryl methyl sites for hydroxylation is 1. The third-order valence-electron chi connectivity index (χ3n) is 4.15. The molecule has 0 bridgehead atoms. The number of anilines is 1. The molecule has 9 nitrogen and oxygen atoms in total. The van der Waals surface area contributed by atoms with Gasteiger partial charge in [-0.25, -0.2) is 25.9 Å². The van der Waals surface area contributed by atoms with Gasteiger partial charge in [-0.15, -0.1) is 0 Å². The maximum atomic E-state index is 12.4. The number of hydrogen-bond donors (Lipinski definition) is 1. The number of rotatable bonds is 7. The third-order valence-corrected chi connectivity index (χ3v) is 7.55. The Morgan fingerprint density at radius 1 is 1.06 bits per heavy atom. The van der Waals surface area contributed by atoms with E-state index in [9.17, 15) is 26.4 Å². The fourth-order valence-corrected chi connectivity index (χ4v) is 4.44. The van der Waals surface area contributed by atoms with Crippen molar-refractivity contribution >= 4 is 49.0 Å². The number of nitrogens with one attached hydrogen (secondary N) is 1. The standard InChI is InChI=1S/C19H21ClN2O7S2/c1-12-5-6-13(9-17(12)31(27,28)22(2)3)21-18(23)11-29-19(24)15-10-14(30(4,25)26)7-8-16(15)20/h5-10H,11H2,1-4H3,(H,21,23). The maximum Gasteiger partial charge on any atom is 0.340 e. The minimum Gasteiger partial charge on any atom is -0.452 e. The van der Waals surface area contributed by atoms with Crippen molar-refractivity contribution in [3.63, 3.8) is 0 Å². The number of carbonyl (C=O) groups is 2. The quantitative estimate of drug-likeness (QED) is 0.591. The Morgan fingerprint density at radius 2 is 1.71 bits per heavy atom. The van der Waals surface area contributed by atoms with Gasteiger partial charge in [-0.1, -0.05) is 17.7 Å². The van der Waals surface area contributed by atoms with Gasteiger partial charge in [0.2, 0.25) is 10.0 Å². The summed E-state index contributed by atoms with van der Waals surface area (Å²) in [4.78, 5) is 24.3. The summed E-state index contributed by atoms with van der Waals surface area (Å²) in [5, 5.41) is 2.42. The lowest BCUT2D eigenvalue weighted by Crippen LogP contribution is -2.24. The van der Waals surface area contributed by atoms with E-state index in [2.05, 4.69) is 5.32 Å². The Hall–Kier alpha value is -2.47. The van der Waals surface area contributed by atoms with Crippen molar-refractivity contribution in [3.8, 4) is 0 Å². The van der Waals surface area contributed by atoms with Crippen LogP contribution in [-0.4, -0.2) is 60.0 Å². The number of benzene rings is 2. The topological polar surface area (TPSA) is 127 Å². The average Bonchev–Trinajstić information content (AvgIpc) is 2.66. The van der Waals surface area contributed by atoms with Crippen LogP contribution in [0.2, 0.25) is 5.02 Å². The van der Waals surface area contributed by atoms with Crippen LogP contribution in [0.4, 0.5) is 5.69 Å². The molecule has 0 fully saturated rings. The number of sulfonamides is 1. The van der Waals surface area contributed by atoms with E-state index in [0.29, 0.717) is 5.56 Å². The molecule has 0 saturated heterocycles. The van der Waals surface area contributed by atoms with Crippen molar-refractivity contribution in [2.24, 2.45) is 0 Å². The van der Waals surface area contributed by atoms with Crippen molar-refractivity contribution in [1.29, 1.82) is 0 Å². The Bertz CT molecular complexity index is 1240. The number of carbonyl (C=O) groups excluding carboxylic acids is 2. The van der Waals surface area contributed by atoms with Gasteiger partial charge in [-0.3, -0.25) is 4.79 Å². The smallest absolute Gasteiger partial charge is 0.340 e. The molecule has 1 amide bonds. The van der Waals surface area contributed by atoms with E-state index in [1.807, 2.05) is 0 Å². The first-order chi connectivity index (χ1) is 14.2. The molecule has 2 rings (SSSR count). The number of nitrogens with zero attached hydrogens (tertiary/aromatic N) is 1. The summed E-state index contributed by atoms with van der Waals surface area (Å²) in [5.74, 6) is -1.70. The lowest BCUT2D eigenvalue weighted by molar-refractivity contribution is -0.119. The fourth-order valence-electron chi connectivity index (χ4n) is 2.45. The van der Waals surface area contributed by atoms with Gasteiger partial charge >= 0.3 is 5.97 Å². The summed E-state index contributed by atoms with van der Waals surface area (Å²) in [6.45, 7) is 0.931. The molecule has 0 atom stereocenters. The molecule has 168 valence electrons. The van der Waals surface area contributed by atoms with E-state index in [4.69, 9.17) is 16.3 Å². The molecular weight excluding hydrogens is 468 g/mol. The highest BCUT2D eigenvalue weighted by Gasteiger charge is 2.21. The van der Waals surface area contributed by atoms with Gasteiger partial charge in [0.05, 0.1) is 20.4 Å². The van der Waals surface area contributed by atoms with E-state index < -0.39 is 38.3 Å². The Balaban J connectivity index is 2.12. The number of esters is 1. The highest BCUT2D eigenvalue weighted by atomic mass is 35.5. The summed E-state index contributed by atoms with van der Waals surface area (Å²) in [6.07, 6.45) is 0.977. The summed E-state index contributed by atoms with van der Waals surface area (Å²) < 4.78 is 54.0. The van der Waals surface area contributed by atoms with Gasteiger partial charge in [0.25, 0.3) is 5.91 Å². The lowest BCUT2D eigenvalue weighted by Gasteiger charge is -2.15. The van der Waals surface area contributed by atoms with Crippen LogP contribution in [0.1, 0.15) is 15.9 Å². The molecule has 0 aliphatic rings. The van der Waals surface area contributed by atoms with Gasteiger partial charge in [0.15, 0.2) is 16.4 Å². The molecule has 1 N–H and O–H groups in total. The van der Waals surface area contributed by atoms with Crippen molar-refractivity contribution in [2.45, 2.75) is 16.7 Å². The zero-order chi connectivity index (χ0) is 23.6. The first-order valence-electron chi connectivity index (χ1n) is 8.73. The van der Waals surface area contributed by atoms with Gasteiger partial charge < -0.3 is 10.1 Å². The molecule has 0 aromatic heterocycles. The number of sulfone groups is 1. The van der Waals surface area contributed by atoms with Gasteiger partial charge in [0.1, 0.15) is 0 Å². The number of ether oxygens (including phenoxy) is 1. The first kappa shape index (κ1) is 24.8. The molecule has 0 spiro atoms. The monoisotopic (exact) mass is 488 g/mol. The molecule has 2 aromatic rings. The highest BCUT2D eigenvalue weighted by molar-refractivity contribution is 7.90. The van der Waals surface area contributed by atoms with E-state index in [1.165, 1.54) is 44.4 Å². The van der Waals surface area contributed by atoms with Gasteiger partial charge in [0, 0.05) is 26.0 Å². The van der Waals surface area contributed by atoms with E-state index in [0.717, 1.165) is 16.6 Å². The molecule has 0 unspecified atom stereocenters. The minimum atomic E-state index is -3.72. The maximum absolute atomic E-state index is 12.4. The van der Waals surface area contributed by atoms with E-state index in [-0.39, 0.29) is 26.1 Å². The van der Waals surface area contributed by atoms with Crippen molar-refractivity contribution < 1.29 is 31.2 Å². The fraction of sp³-hybridized carbons (Fsp3) is 0.263. The SMILES string of the molecule is Cc1ccc(NC(=O)COC(=O)c2cc(S(C)(=O)=O)ccc2Cl)cc1S(=O)(=O)N(C)C. The molecule has 0 aliphatic heterocycles. The van der Waals surface area contributed by atoms with Crippen LogP contribution < -0.4 is 5.32 Å². The van der Waals surface area contributed by atoms with E-state index >= 15 is 0 Å². The largest absolute Gasteiger partial charge is 0.452 e. The van der Waals surface area contributed by atoms with Crippen molar-refractivity contribution in [2.75, 3.05) is 32.3 Å². The summed E-state index contributed by atoms with van der Waals surface area (Å²) in [7, 11) is -4.50. The number of halogens is 1. The second-order valence-corrected chi connectivity index (χ2v) is 11.3. The van der Waals surface area contributed by atoms with Crippen LogP contribution in [0, 0.1) is 6.92 Å². The molecule has 0 radical (unpaired) electrons. The summed E-state index contributed by atoms with van der Waals surface area (Å²) in [5.41, 5.74) is 0.495. The third kappa shape index (κ3) is 6.03. The lowest BCUT2D eigenvalue weighted by atomic mass is 10.2. The van der Waals surface area contributed by atoms with Gasteiger partial charge in [-0.05, 0) is 42.8 Å². The molecular formula is C19H21ClN2O7S2. The summed E-state index contributed by atoms with van der Waals surface area (Å²) in [6, 6.07) is 7.91. The zero-order valence-electron chi connectivity index (χ0n) is 17.2. The van der Waals surface area contributed by atoms with Crippen LogP contribution in [0.25, 0.3) is 0 Å². The molecule has 0 saturated carbocycles. The highest BCUT2D eigenvalue weighted by Crippen LogP contribution is 2.23. The normalized spacial score (nSPS) is 11.9. The number of hydrogen-bond acceptors (Lipinski definition) is 7. The van der Waals surface area contributed by atoms with Crippen LogP contribution in [0.3, 0.4) is 0 Å². The first-order valence-corrected chi connectivity index (χ1v) is 12.4. The Kier molecular flexibility index (Phi) is 7.48. The Morgan fingerprint density at radius 3 is 2.29 bits per heavy atom. The predicted octanol–water partition coefficient (Wildman–Crippen LogP) is 2.10. The predicted molar refractivity (Wildman–Crippen MR) is 116 cm³/mol. The van der Waals surface area contributed by atoms with Crippen LogP contribution in [0.15, 0.2) is 46.2 Å². The average molecular weight is 489 g/mol. The second kappa shape index (κ2) is 9.35. The molecule has 12 heteroatoms. The molecule has 2 aromatic carbocycles. The molecule has 31 heavy (non-hydrogen) atoms. The van der Waals surface area contributed by atoms with Crippen molar-refractivity contribution in [1.82, 2.24) is 4.31 Å². The van der Waals surface area contributed by atoms with Crippen LogP contribution in [0.5, 0.6) is 0 Å². The summed E-state index contributed by atoms with van der Waals surface area (Å²) >= 11 is 5.93. The molecule has 0 heterocycles. The van der Waals surface area contributed by atoms with E-state index in [1.54, 1.807) is 6.92 Å². The number of amides is 1. The second-order valence-electron chi connectivity index (χ2n) is 6.81. The zero-order valence-corrected chi connectivity index (χ0v) is 19.6. The minimum absolute atomic E-state index is 0.0247. The Labute approximate surface area is 185 Å². The van der Waals surface area contributed by atoms with Gasteiger partial charge in [-0.2, -0.15) is 0 Å². The van der Waals surface area contributed by atoms with Crippen LogP contribution >= 0.6 is 11.6 Å². The van der Waals surface area contributed by atoms with Crippen LogP contribution in [-0.2, 0) is 29.4 Å². The van der Waals surface area contributed by atoms with Crippen molar-refractivity contribution in [3.05, 3.63) is 52.5 Å².